The van der Waals surface area contributed by atoms with Crippen LogP contribution in [0.4, 0.5) is 0 Å². The normalized spacial score (nSPS) is 16.9. The van der Waals surface area contributed by atoms with Crippen molar-refractivity contribution in [3.8, 4) is 0 Å². The molecule has 0 heterocycles. The third kappa shape index (κ3) is 5.99. The summed E-state index contributed by atoms with van der Waals surface area (Å²) in [6, 6.07) is 9.87. The molecule has 1 aromatic rings. The summed E-state index contributed by atoms with van der Waals surface area (Å²) in [4.78, 5) is 24.6. The molecule has 1 aromatic carbocycles. The lowest BCUT2D eigenvalue weighted by Crippen LogP contribution is -2.38. The molecule has 0 saturated heterocycles. The molecule has 0 radical (unpaired) electrons. The number of ether oxygens (including phenoxy) is 1. The lowest BCUT2D eigenvalue weighted by atomic mass is 9.97. The molecule has 1 aliphatic rings. The fourth-order valence-corrected chi connectivity index (χ4v) is 3.31. The van der Waals surface area contributed by atoms with Crippen LogP contribution in [-0.2, 0) is 20.7 Å². The van der Waals surface area contributed by atoms with Gasteiger partial charge in [-0.1, -0.05) is 56.0 Å². The molecule has 1 fully saturated rings. The van der Waals surface area contributed by atoms with Gasteiger partial charge in [0, 0.05) is 12.5 Å². The van der Waals surface area contributed by atoms with E-state index in [4.69, 9.17) is 4.74 Å². The van der Waals surface area contributed by atoms with E-state index in [9.17, 15) is 9.59 Å². The molecule has 0 aliphatic heterocycles. The Kier molecular flexibility index (Phi) is 7.80. The fourth-order valence-electron chi connectivity index (χ4n) is 3.31. The van der Waals surface area contributed by atoms with E-state index in [2.05, 4.69) is 5.32 Å². The maximum Gasteiger partial charge on any atom is 0.311 e. The number of hydrogen-bond acceptors (Lipinski definition) is 3. The lowest BCUT2D eigenvalue weighted by molar-refractivity contribution is -0.148. The number of hydrogen-bond donors (Lipinski definition) is 1. The molecular weight excluding hydrogens is 302 g/mol. The van der Waals surface area contributed by atoms with Crippen LogP contribution in [-0.4, -0.2) is 25.0 Å². The van der Waals surface area contributed by atoms with Crippen molar-refractivity contribution in [1.82, 2.24) is 5.32 Å². The van der Waals surface area contributed by atoms with Crippen molar-refractivity contribution in [1.29, 1.82) is 0 Å². The summed E-state index contributed by atoms with van der Waals surface area (Å²) in [5.41, 5.74) is 1.08. The van der Waals surface area contributed by atoms with Gasteiger partial charge in [0.25, 0.3) is 0 Å². The first-order valence-corrected chi connectivity index (χ1v) is 9.19. The summed E-state index contributed by atoms with van der Waals surface area (Å²) in [6.07, 6.45) is 7.23. The number of rotatable bonds is 7. The summed E-state index contributed by atoms with van der Waals surface area (Å²) in [6.45, 7) is 2.52. The second-order valence-corrected chi connectivity index (χ2v) is 6.57. The molecule has 1 unspecified atom stereocenters. The van der Waals surface area contributed by atoms with E-state index in [1.54, 1.807) is 0 Å². The van der Waals surface area contributed by atoms with Gasteiger partial charge in [-0.2, -0.15) is 0 Å². The molecule has 1 aliphatic carbocycles. The minimum absolute atomic E-state index is 0.0965. The van der Waals surface area contributed by atoms with Crippen LogP contribution in [0.2, 0.25) is 0 Å². The van der Waals surface area contributed by atoms with Crippen LogP contribution in [0.15, 0.2) is 30.3 Å². The van der Waals surface area contributed by atoms with Crippen molar-refractivity contribution in [3.05, 3.63) is 35.9 Å². The van der Waals surface area contributed by atoms with Crippen LogP contribution >= 0.6 is 0 Å². The molecule has 1 amide bonds. The average molecular weight is 331 g/mol. The fraction of sp³-hybridized carbons (Fsp3) is 0.600. The molecule has 1 atom stereocenters. The highest BCUT2D eigenvalue weighted by atomic mass is 16.5. The molecule has 0 spiro atoms. The maximum absolute atomic E-state index is 12.4. The summed E-state index contributed by atoms with van der Waals surface area (Å²) in [5.74, 6) is -0.365. The predicted molar refractivity (Wildman–Crippen MR) is 94.5 cm³/mol. The molecule has 1 N–H and O–H groups in total. The van der Waals surface area contributed by atoms with Crippen LogP contribution in [0.3, 0.4) is 0 Å². The number of esters is 1. The Balaban J connectivity index is 1.91. The number of nitrogens with one attached hydrogen (secondary N) is 1. The standard InChI is InChI=1S/C20H29NO3/c1-2-24-20(23)18(14-16-10-6-5-7-11-16)15-21-19(22)17-12-8-3-4-9-13-17/h5-7,10-11,17-18H,2-4,8-9,12-15H2,1H3,(H,21,22). The Morgan fingerprint density at radius 1 is 1.12 bits per heavy atom. The highest BCUT2D eigenvalue weighted by Gasteiger charge is 2.24. The summed E-state index contributed by atoms with van der Waals surface area (Å²) < 4.78 is 5.18. The van der Waals surface area contributed by atoms with Crippen LogP contribution in [0, 0.1) is 11.8 Å². The Morgan fingerprint density at radius 2 is 1.79 bits per heavy atom. The minimum Gasteiger partial charge on any atom is -0.466 e. The summed E-state index contributed by atoms with van der Waals surface area (Å²) in [7, 11) is 0. The van der Waals surface area contributed by atoms with Crippen molar-refractivity contribution in [3.63, 3.8) is 0 Å². The first-order chi connectivity index (χ1) is 11.7. The van der Waals surface area contributed by atoms with Crippen LogP contribution in [0.1, 0.15) is 51.0 Å². The molecule has 132 valence electrons. The highest BCUT2D eigenvalue weighted by Crippen LogP contribution is 2.23. The number of amides is 1. The van der Waals surface area contributed by atoms with Crippen LogP contribution < -0.4 is 5.32 Å². The van der Waals surface area contributed by atoms with Crippen LogP contribution in [0.5, 0.6) is 0 Å². The van der Waals surface area contributed by atoms with Gasteiger partial charge in [-0.25, -0.2) is 0 Å². The van der Waals surface area contributed by atoms with Gasteiger partial charge in [0.05, 0.1) is 12.5 Å². The van der Waals surface area contributed by atoms with Gasteiger partial charge in [-0.15, -0.1) is 0 Å². The molecule has 0 aromatic heterocycles. The zero-order valence-corrected chi connectivity index (χ0v) is 14.6. The van der Waals surface area contributed by atoms with Crippen molar-refractivity contribution in [2.45, 2.75) is 51.9 Å². The Morgan fingerprint density at radius 3 is 2.42 bits per heavy atom. The van der Waals surface area contributed by atoms with E-state index in [1.807, 2.05) is 37.3 Å². The van der Waals surface area contributed by atoms with E-state index in [0.717, 1.165) is 31.2 Å². The van der Waals surface area contributed by atoms with Gasteiger partial charge in [0.1, 0.15) is 0 Å². The number of benzene rings is 1. The summed E-state index contributed by atoms with van der Waals surface area (Å²) >= 11 is 0. The molecule has 2 rings (SSSR count). The quantitative estimate of drug-likeness (QED) is 0.614. The van der Waals surface area contributed by atoms with Crippen molar-refractivity contribution in [2.24, 2.45) is 11.8 Å². The van der Waals surface area contributed by atoms with E-state index in [0.29, 0.717) is 19.6 Å². The molecular formula is C20H29NO3. The minimum atomic E-state index is -0.331. The van der Waals surface area contributed by atoms with Gasteiger partial charge in [0.2, 0.25) is 5.91 Å². The molecule has 24 heavy (non-hydrogen) atoms. The van der Waals surface area contributed by atoms with E-state index in [1.165, 1.54) is 12.8 Å². The molecule has 1 saturated carbocycles. The predicted octanol–water partition coefficient (Wildman–Crippen LogP) is 3.50. The summed E-state index contributed by atoms with van der Waals surface area (Å²) in [5, 5.41) is 3.00. The maximum atomic E-state index is 12.4. The lowest BCUT2D eigenvalue weighted by Gasteiger charge is -2.19. The smallest absolute Gasteiger partial charge is 0.311 e. The topological polar surface area (TPSA) is 55.4 Å². The number of carbonyl (C=O) groups excluding carboxylic acids is 2. The van der Waals surface area contributed by atoms with Gasteiger partial charge in [-0.3, -0.25) is 9.59 Å². The van der Waals surface area contributed by atoms with E-state index in [-0.39, 0.29) is 23.7 Å². The second-order valence-electron chi connectivity index (χ2n) is 6.57. The Labute approximate surface area is 145 Å². The van der Waals surface area contributed by atoms with Crippen molar-refractivity contribution < 1.29 is 14.3 Å². The SMILES string of the molecule is CCOC(=O)C(CNC(=O)C1CCCCCC1)Cc1ccccc1. The van der Waals surface area contributed by atoms with E-state index < -0.39 is 0 Å². The third-order valence-corrected chi connectivity index (χ3v) is 4.69. The van der Waals surface area contributed by atoms with Crippen molar-refractivity contribution >= 4 is 11.9 Å². The first kappa shape index (κ1) is 18.5. The second kappa shape index (κ2) is 10.1. The number of carbonyl (C=O) groups is 2. The Hall–Kier alpha value is -1.84. The molecule has 4 heteroatoms. The molecule has 4 nitrogen and oxygen atoms in total. The van der Waals surface area contributed by atoms with Crippen molar-refractivity contribution in [2.75, 3.05) is 13.2 Å². The van der Waals surface area contributed by atoms with Gasteiger partial charge in [-0.05, 0) is 31.7 Å². The monoisotopic (exact) mass is 331 g/mol. The van der Waals surface area contributed by atoms with Gasteiger partial charge >= 0.3 is 5.97 Å². The zero-order chi connectivity index (χ0) is 17.2. The largest absolute Gasteiger partial charge is 0.466 e. The first-order valence-electron chi connectivity index (χ1n) is 9.19. The van der Waals surface area contributed by atoms with Crippen LogP contribution in [0.25, 0.3) is 0 Å². The average Bonchev–Trinajstić information content (AvgIpc) is 2.89. The van der Waals surface area contributed by atoms with Gasteiger partial charge in [0.15, 0.2) is 0 Å². The molecule has 0 bridgehead atoms. The third-order valence-electron chi connectivity index (χ3n) is 4.69. The Bertz CT molecular complexity index is 507. The van der Waals surface area contributed by atoms with E-state index >= 15 is 0 Å². The van der Waals surface area contributed by atoms with Gasteiger partial charge < -0.3 is 10.1 Å². The highest BCUT2D eigenvalue weighted by molar-refractivity contribution is 5.80. The zero-order valence-electron chi connectivity index (χ0n) is 14.6.